The molecular formula is C11H14F3N3. The molecule has 6 heteroatoms. The average molecular weight is 245 g/mol. The van der Waals surface area contributed by atoms with Gasteiger partial charge >= 0.3 is 6.18 Å². The molecule has 0 aromatic carbocycles. The predicted octanol–water partition coefficient (Wildman–Crippen LogP) is 1.97. The number of nitrogens with zero attached hydrogens (tertiary/aromatic N) is 2. The average Bonchev–Trinajstić information content (AvgIpc) is 3.02. The van der Waals surface area contributed by atoms with Gasteiger partial charge in [-0.15, -0.1) is 0 Å². The second-order valence-corrected chi connectivity index (χ2v) is 4.77. The molecule has 0 bridgehead atoms. The fourth-order valence-electron chi connectivity index (χ4n) is 2.40. The molecule has 1 aromatic heterocycles. The summed E-state index contributed by atoms with van der Waals surface area (Å²) in [5.74, 6) is 0.902. The number of imidazole rings is 1. The molecule has 2 aliphatic rings. The Hall–Kier alpha value is -1.04. The maximum Gasteiger partial charge on any atom is 0.406 e. The molecule has 0 spiro atoms. The van der Waals surface area contributed by atoms with Gasteiger partial charge in [-0.2, -0.15) is 13.2 Å². The van der Waals surface area contributed by atoms with Crippen LogP contribution in [-0.4, -0.2) is 22.3 Å². The Kier molecular flexibility index (Phi) is 2.43. The molecule has 94 valence electrons. The summed E-state index contributed by atoms with van der Waals surface area (Å²) >= 11 is 0. The minimum absolute atomic E-state index is 0.253. The van der Waals surface area contributed by atoms with Gasteiger partial charge in [0.25, 0.3) is 0 Å². The van der Waals surface area contributed by atoms with Crippen LogP contribution in [0.5, 0.6) is 0 Å². The minimum Gasteiger partial charge on any atom is -0.322 e. The lowest BCUT2D eigenvalue weighted by Crippen LogP contribution is -2.27. The third-order valence-corrected chi connectivity index (χ3v) is 3.30. The summed E-state index contributed by atoms with van der Waals surface area (Å²) < 4.78 is 39.2. The summed E-state index contributed by atoms with van der Waals surface area (Å²) in [5, 5.41) is 3.15. The molecule has 1 fully saturated rings. The van der Waals surface area contributed by atoms with Gasteiger partial charge in [0, 0.05) is 31.1 Å². The standard InChI is InChI=1S/C11H14F3N3/c12-11(13,14)6-17-9-3-4-15-5-8(9)16-10(17)7-1-2-7/h7,15H,1-6H2. The van der Waals surface area contributed by atoms with Crippen LogP contribution in [0.1, 0.15) is 36.0 Å². The van der Waals surface area contributed by atoms with E-state index in [0.717, 1.165) is 30.8 Å². The fourth-order valence-corrected chi connectivity index (χ4v) is 2.40. The summed E-state index contributed by atoms with van der Waals surface area (Å²) in [5.41, 5.74) is 1.59. The summed E-state index contributed by atoms with van der Waals surface area (Å²) in [6.07, 6.45) is -1.57. The zero-order valence-electron chi connectivity index (χ0n) is 9.35. The van der Waals surface area contributed by atoms with E-state index in [1.54, 1.807) is 0 Å². The van der Waals surface area contributed by atoms with Crippen LogP contribution in [0.25, 0.3) is 0 Å². The first-order chi connectivity index (χ1) is 8.04. The number of nitrogens with one attached hydrogen (secondary N) is 1. The van der Waals surface area contributed by atoms with Gasteiger partial charge in [0.2, 0.25) is 0 Å². The van der Waals surface area contributed by atoms with Crippen molar-refractivity contribution in [2.24, 2.45) is 0 Å². The number of alkyl halides is 3. The van der Waals surface area contributed by atoms with Gasteiger partial charge in [-0.3, -0.25) is 0 Å². The lowest BCUT2D eigenvalue weighted by Gasteiger charge is -2.17. The van der Waals surface area contributed by atoms with Crippen LogP contribution in [0, 0.1) is 0 Å². The van der Waals surface area contributed by atoms with E-state index in [1.807, 2.05) is 0 Å². The summed E-state index contributed by atoms with van der Waals surface area (Å²) in [6.45, 7) is 0.446. The Balaban J connectivity index is 2.00. The first-order valence-corrected chi connectivity index (χ1v) is 5.90. The molecule has 1 saturated carbocycles. The zero-order chi connectivity index (χ0) is 12.0. The van der Waals surface area contributed by atoms with Gasteiger partial charge in [0.15, 0.2) is 0 Å². The van der Waals surface area contributed by atoms with Crippen molar-refractivity contribution in [2.45, 2.75) is 44.4 Å². The van der Waals surface area contributed by atoms with Crippen molar-refractivity contribution in [3.8, 4) is 0 Å². The van der Waals surface area contributed by atoms with E-state index in [1.165, 1.54) is 4.57 Å². The number of aromatic nitrogens is 2. The summed E-state index contributed by atoms with van der Waals surface area (Å²) in [7, 11) is 0. The highest BCUT2D eigenvalue weighted by Crippen LogP contribution is 2.41. The second kappa shape index (κ2) is 3.73. The van der Waals surface area contributed by atoms with Crippen molar-refractivity contribution in [2.75, 3.05) is 6.54 Å². The van der Waals surface area contributed by atoms with Crippen molar-refractivity contribution in [1.29, 1.82) is 0 Å². The second-order valence-electron chi connectivity index (χ2n) is 4.77. The summed E-state index contributed by atoms with van der Waals surface area (Å²) in [6, 6.07) is 0. The molecule has 3 nitrogen and oxygen atoms in total. The monoisotopic (exact) mass is 245 g/mol. The number of halogens is 3. The molecule has 17 heavy (non-hydrogen) atoms. The Bertz CT molecular complexity index is 432. The van der Waals surface area contributed by atoms with E-state index in [0.29, 0.717) is 18.8 Å². The number of rotatable bonds is 2. The van der Waals surface area contributed by atoms with Crippen LogP contribution in [0.3, 0.4) is 0 Å². The van der Waals surface area contributed by atoms with E-state index in [-0.39, 0.29) is 5.92 Å². The molecule has 3 rings (SSSR count). The van der Waals surface area contributed by atoms with E-state index in [2.05, 4.69) is 10.3 Å². The quantitative estimate of drug-likeness (QED) is 0.863. The van der Waals surface area contributed by atoms with Gasteiger partial charge in [0.05, 0.1) is 5.69 Å². The maximum absolute atomic E-state index is 12.6. The molecule has 0 atom stereocenters. The van der Waals surface area contributed by atoms with Gasteiger partial charge in [-0.1, -0.05) is 0 Å². The smallest absolute Gasteiger partial charge is 0.322 e. The maximum atomic E-state index is 12.6. The molecule has 0 saturated heterocycles. The number of hydrogen-bond acceptors (Lipinski definition) is 2. The molecule has 0 amide bonds. The van der Waals surface area contributed by atoms with Gasteiger partial charge in [-0.05, 0) is 12.8 Å². The van der Waals surface area contributed by atoms with Crippen LogP contribution in [0.4, 0.5) is 13.2 Å². The van der Waals surface area contributed by atoms with E-state index < -0.39 is 12.7 Å². The van der Waals surface area contributed by atoms with Crippen molar-refractivity contribution in [1.82, 2.24) is 14.9 Å². The van der Waals surface area contributed by atoms with Crippen LogP contribution in [-0.2, 0) is 19.5 Å². The lowest BCUT2D eigenvalue weighted by molar-refractivity contribution is -0.141. The van der Waals surface area contributed by atoms with Crippen molar-refractivity contribution in [3.05, 3.63) is 17.2 Å². The lowest BCUT2D eigenvalue weighted by atomic mass is 10.2. The first kappa shape index (κ1) is 11.1. The van der Waals surface area contributed by atoms with Crippen LogP contribution in [0.15, 0.2) is 0 Å². The fraction of sp³-hybridized carbons (Fsp3) is 0.727. The molecule has 0 radical (unpaired) electrons. The Morgan fingerprint density at radius 3 is 2.76 bits per heavy atom. The highest BCUT2D eigenvalue weighted by atomic mass is 19.4. The number of hydrogen-bond donors (Lipinski definition) is 1. The van der Waals surface area contributed by atoms with E-state index in [4.69, 9.17) is 0 Å². The highest BCUT2D eigenvalue weighted by molar-refractivity contribution is 5.24. The minimum atomic E-state index is -4.16. The topological polar surface area (TPSA) is 29.9 Å². The van der Waals surface area contributed by atoms with Crippen molar-refractivity contribution < 1.29 is 13.2 Å². The molecular weight excluding hydrogens is 231 g/mol. The van der Waals surface area contributed by atoms with Crippen LogP contribution in [0.2, 0.25) is 0 Å². The molecule has 2 heterocycles. The van der Waals surface area contributed by atoms with Gasteiger partial charge < -0.3 is 9.88 Å². The molecule has 1 aliphatic heterocycles. The SMILES string of the molecule is FC(F)(F)Cn1c(C2CC2)nc2c1CCNC2. The Labute approximate surface area is 97.0 Å². The largest absolute Gasteiger partial charge is 0.406 e. The Morgan fingerprint density at radius 1 is 1.35 bits per heavy atom. The number of fused-ring (bicyclic) bond motifs is 1. The van der Waals surface area contributed by atoms with Crippen molar-refractivity contribution >= 4 is 0 Å². The third kappa shape index (κ3) is 2.18. The van der Waals surface area contributed by atoms with Crippen LogP contribution >= 0.6 is 0 Å². The normalized spacial score (nSPS) is 20.4. The summed E-state index contributed by atoms with van der Waals surface area (Å²) in [4.78, 5) is 4.40. The van der Waals surface area contributed by atoms with E-state index in [9.17, 15) is 13.2 Å². The molecule has 0 unspecified atom stereocenters. The third-order valence-electron chi connectivity index (χ3n) is 3.30. The van der Waals surface area contributed by atoms with Gasteiger partial charge in [-0.25, -0.2) is 4.98 Å². The first-order valence-electron chi connectivity index (χ1n) is 5.90. The van der Waals surface area contributed by atoms with Crippen molar-refractivity contribution in [3.63, 3.8) is 0 Å². The highest BCUT2D eigenvalue weighted by Gasteiger charge is 2.36. The molecule has 1 N–H and O–H groups in total. The molecule has 1 aromatic rings. The van der Waals surface area contributed by atoms with Gasteiger partial charge in [0.1, 0.15) is 12.4 Å². The van der Waals surface area contributed by atoms with E-state index >= 15 is 0 Å². The Morgan fingerprint density at radius 2 is 2.12 bits per heavy atom. The van der Waals surface area contributed by atoms with Crippen LogP contribution < -0.4 is 5.32 Å². The molecule has 1 aliphatic carbocycles. The zero-order valence-corrected chi connectivity index (χ0v) is 9.35. The predicted molar refractivity (Wildman–Crippen MR) is 55.7 cm³/mol.